The van der Waals surface area contributed by atoms with Crippen LogP contribution in [-0.4, -0.2) is 58.4 Å². The molecule has 0 aromatic heterocycles. The topological polar surface area (TPSA) is 57.2 Å². The lowest BCUT2D eigenvalue weighted by atomic mass is 10.1. The summed E-state index contributed by atoms with van der Waals surface area (Å²) in [5, 5.41) is 0. The minimum absolute atomic E-state index is 0.0916. The van der Waals surface area contributed by atoms with E-state index < -0.39 is 0 Å². The molecule has 1 fully saturated rings. The molecule has 2 rings (SSSR count). The van der Waals surface area contributed by atoms with Gasteiger partial charge < -0.3 is 23.8 Å². The van der Waals surface area contributed by atoms with Crippen molar-refractivity contribution in [3.05, 3.63) is 17.7 Å². The molecule has 1 amide bonds. The Kier molecular flexibility index (Phi) is 4.68. The fourth-order valence-corrected chi connectivity index (χ4v) is 2.21. The van der Waals surface area contributed by atoms with E-state index in [2.05, 4.69) is 0 Å². The second kappa shape index (κ2) is 6.47. The Morgan fingerprint density at radius 2 is 1.70 bits per heavy atom. The van der Waals surface area contributed by atoms with Gasteiger partial charge in [-0.2, -0.15) is 0 Å². The quantitative estimate of drug-likeness (QED) is 0.829. The molecule has 0 aliphatic carbocycles. The Balaban J connectivity index is 2.37. The van der Waals surface area contributed by atoms with E-state index in [9.17, 15) is 4.79 Å². The maximum atomic E-state index is 12.5. The van der Waals surface area contributed by atoms with Crippen LogP contribution in [0.3, 0.4) is 0 Å². The van der Waals surface area contributed by atoms with Crippen molar-refractivity contribution in [2.24, 2.45) is 0 Å². The monoisotopic (exact) mass is 281 g/mol. The van der Waals surface area contributed by atoms with Crippen LogP contribution in [0.25, 0.3) is 0 Å². The lowest BCUT2D eigenvalue weighted by Crippen LogP contribution is -2.40. The maximum Gasteiger partial charge on any atom is 0.257 e. The van der Waals surface area contributed by atoms with E-state index in [1.807, 2.05) is 0 Å². The van der Waals surface area contributed by atoms with Gasteiger partial charge >= 0.3 is 0 Å². The first kappa shape index (κ1) is 14.5. The van der Waals surface area contributed by atoms with Crippen LogP contribution in [0.4, 0.5) is 0 Å². The van der Waals surface area contributed by atoms with E-state index in [-0.39, 0.29) is 5.91 Å². The zero-order chi connectivity index (χ0) is 14.5. The third-order valence-corrected chi connectivity index (χ3v) is 3.23. The number of ether oxygens (including phenoxy) is 4. The van der Waals surface area contributed by atoms with Gasteiger partial charge in [0.15, 0.2) is 11.5 Å². The predicted octanol–water partition coefficient (Wildman–Crippen LogP) is 1.18. The number of carbonyl (C=O) groups is 1. The largest absolute Gasteiger partial charge is 0.493 e. The third-order valence-electron chi connectivity index (χ3n) is 3.23. The Hall–Kier alpha value is -1.95. The molecule has 20 heavy (non-hydrogen) atoms. The van der Waals surface area contributed by atoms with Crippen LogP contribution in [0.1, 0.15) is 10.4 Å². The van der Waals surface area contributed by atoms with Gasteiger partial charge in [0.2, 0.25) is 5.75 Å². The van der Waals surface area contributed by atoms with E-state index in [4.69, 9.17) is 18.9 Å². The number of morpholine rings is 1. The first-order chi connectivity index (χ1) is 9.72. The van der Waals surface area contributed by atoms with Crippen LogP contribution in [0.15, 0.2) is 12.1 Å². The van der Waals surface area contributed by atoms with Gasteiger partial charge in [-0.15, -0.1) is 0 Å². The van der Waals surface area contributed by atoms with Crippen LogP contribution in [0.5, 0.6) is 17.2 Å². The van der Waals surface area contributed by atoms with Crippen molar-refractivity contribution >= 4 is 5.91 Å². The van der Waals surface area contributed by atoms with Crippen LogP contribution in [0, 0.1) is 0 Å². The van der Waals surface area contributed by atoms with Crippen molar-refractivity contribution in [3.63, 3.8) is 0 Å². The number of rotatable bonds is 4. The summed E-state index contributed by atoms with van der Waals surface area (Å²) in [6.07, 6.45) is 0. The number of methoxy groups -OCH3 is 3. The lowest BCUT2D eigenvalue weighted by Gasteiger charge is -2.27. The summed E-state index contributed by atoms with van der Waals surface area (Å²) < 4.78 is 21.1. The van der Waals surface area contributed by atoms with Crippen molar-refractivity contribution in [2.75, 3.05) is 47.6 Å². The second-order valence-electron chi connectivity index (χ2n) is 4.29. The van der Waals surface area contributed by atoms with E-state index in [0.717, 1.165) is 0 Å². The van der Waals surface area contributed by atoms with Crippen LogP contribution >= 0.6 is 0 Å². The van der Waals surface area contributed by atoms with Crippen molar-refractivity contribution in [2.45, 2.75) is 0 Å². The van der Waals surface area contributed by atoms with Gasteiger partial charge in [-0.1, -0.05) is 0 Å². The number of benzene rings is 1. The zero-order valence-corrected chi connectivity index (χ0v) is 12.0. The number of hydrogen-bond acceptors (Lipinski definition) is 5. The predicted molar refractivity (Wildman–Crippen MR) is 72.8 cm³/mol. The first-order valence-corrected chi connectivity index (χ1v) is 6.39. The Morgan fingerprint density at radius 3 is 2.25 bits per heavy atom. The molecule has 1 aliphatic rings. The average molecular weight is 281 g/mol. The van der Waals surface area contributed by atoms with Gasteiger partial charge in [-0.05, 0) is 12.1 Å². The highest BCUT2D eigenvalue weighted by atomic mass is 16.5. The van der Waals surface area contributed by atoms with Crippen LogP contribution in [0.2, 0.25) is 0 Å². The minimum atomic E-state index is -0.0916. The summed E-state index contributed by atoms with van der Waals surface area (Å²) in [7, 11) is 4.57. The molecule has 1 aromatic rings. The minimum Gasteiger partial charge on any atom is -0.493 e. The average Bonchev–Trinajstić information content (AvgIpc) is 2.53. The van der Waals surface area contributed by atoms with Gasteiger partial charge in [0.1, 0.15) is 0 Å². The highest BCUT2D eigenvalue weighted by Gasteiger charge is 2.25. The SMILES string of the molecule is COc1ccc(C(=O)N2CCOCC2)c(OC)c1OC. The van der Waals surface area contributed by atoms with Gasteiger partial charge in [-0.25, -0.2) is 0 Å². The van der Waals surface area contributed by atoms with Crippen LogP contribution < -0.4 is 14.2 Å². The summed E-state index contributed by atoms with van der Waals surface area (Å²) in [5.41, 5.74) is 0.465. The molecular formula is C14H19NO5. The number of amides is 1. The molecule has 6 heteroatoms. The van der Waals surface area contributed by atoms with Crippen molar-refractivity contribution < 1.29 is 23.7 Å². The first-order valence-electron chi connectivity index (χ1n) is 6.39. The van der Waals surface area contributed by atoms with Crippen molar-refractivity contribution in [1.29, 1.82) is 0 Å². The Labute approximate surface area is 118 Å². The molecule has 1 heterocycles. The molecule has 0 N–H and O–H groups in total. The number of hydrogen-bond donors (Lipinski definition) is 0. The molecule has 0 bridgehead atoms. The molecule has 110 valence electrons. The Morgan fingerprint density at radius 1 is 1.05 bits per heavy atom. The van der Waals surface area contributed by atoms with E-state index in [1.165, 1.54) is 14.2 Å². The molecular weight excluding hydrogens is 262 g/mol. The number of nitrogens with zero attached hydrogens (tertiary/aromatic N) is 1. The molecule has 0 atom stereocenters. The summed E-state index contributed by atoms with van der Waals surface area (Å²) in [4.78, 5) is 14.3. The van der Waals surface area contributed by atoms with E-state index in [1.54, 1.807) is 24.1 Å². The van der Waals surface area contributed by atoms with Crippen molar-refractivity contribution in [1.82, 2.24) is 4.90 Å². The van der Waals surface area contributed by atoms with Gasteiger partial charge in [-0.3, -0.25) is 4.79 Å². The highest BCUT2D eigenvalue weighted by Crippen LogP contribution is 2.40. The normalized spacial score (nSPS) is 14.8. The van der Waals surface area contributed by atoms with Crippen LogP contribution in [-0.2, 0) is 4.74 Å². The molecule has 0 unspecified atom stereocenters. The number of carbonyl (C=O) groups excluding carboxylic acids is 1. The second-order valence-corrected chi connectivity index (χ2v) is 4.29. The molecule has 1 aliphatic heterocycles. The zero-order valence-electron chi connectivity index (χ0n) is 12.0. The maximum absolute atomic E-state index is 12.5. The highest BCUT2D eigenvalue weighted by molar-refractivity contribution is 5.98. The summed E-state index contributed by atoms with van der Waals surface area (Å²) >= 11 is 0. The standard InChI is InChI=1S/C14H19NO5/c1-17-11-5-4-10(12(18-2)13(11)19-3)14(16)15-6-8-20-9-7-15/h4-5H,6-9H2,1-3H3. The van der Waals surface area contributed by atoms with Gasteiger partial charge in [0.05, 0.1) is 40.1 Å². The molecule has 6 nitrogen and oxygen atoms in total. The summed E-state index contributed by atoms with van der Waals surface area (Å²) in [5.74, 6) is 1.26. The van der Waals surface area contributed by atoms with Gasteiger partial charge in [0.25, 0.3) is 5.91 Å². The van der Waals surface area contributed by atoms with E-state index >= 15 is 0 Å². The fourth-order valence-electron chi connectivity index (χ4n) is 2.21. The molecule has 1 aromatic carbocycles. The smallest absolute Gasteiger partial charge is 0.257 e. The summed E-state index contributed by atoms with van der Waals surface area (Å²) in [6, 6.07) is 3.40. The lowest BCUT2D eigenvalue weighted by molar-refractivity contribution is 0.0300. The summed E-state index contributed by atoms with van der Waals surface area (Å²) in [6.45, 7) is 2.27. The van der Waals surface area contributed by atoms with E-state index in [0.29, 0.717) is 49.1 Å². The molecule has 0 spiro atoms. The third kappa shape index (κ3) is 2.65. The molecule has 1 saturated heterocycles. The van der Waals surface area contributed by atoms with Gasteiger partial charge in [0, 0.05) is 13.1 Å². The van der Waals surface area contributed by atoms with Crippen molar-refractivity contribution in [3.8, 4) is 17.2 Å². The Bertz CT molecular complexity index is 483. The molecule has 0 radical (unpaired) electrons. The molecule has 0 saturated carbocycles. The fraction of sp³-hybridized carbons (Fsp3) is 0.500.